The monoisotopic (exact) mass is 641 g/mol. The molecule has 5 aromatic rings. The van der Waals surface area contributed by atoms with Crippen molar-refractivity contribution in [2.75, 3.05) is 0 Å². The van der Waals surface area contributed by atoms with Gasteiger partial charge in [-0.25, -0.2) is 29.3 Å². The minimum Gasteiger partial charge on any atom is -0.370 e. The van der Waals surface area contributed by atoms with E-state index in [0.29, 0.717) is 0 Å². The Morgan fingerprint density at radius 1 is 0.935 bits per heavy atom. The van der Waals surface area contributed by atoms with Crippen LogP contribution < -0.4 is 4.57 Å². The molecule has 0 unspecified atom stereocenters. The van der Waals surface area contributed by atoms with Gasteiger partial charge in [-0.2, -0.15) is 12.1 Å². The van der Waals surface area contributed by atoms with Crippen LogP contribution in [0, 0.1) is 31.2 Å². The van der Waals surface area contributed by atoms with Crippen molar-refractivity contribution in [2.45, 2.75) is 6.92 Å². The van der Waals surface area contributed by atoms with Crippen LogP contribution in [0.4, 0.5) is 0 Å². The predicted octanol–water partition coefficient (Wildman–Crippen LogP) is 4.67. The van der Waals surface area contributed by atoms with Crippen LogP contribution in [0.15, 0.2) is 67.0 Å². The van der Waals surface area contributed by atoms with Gasteiger partial charge in [0.2, 0.25) is 0 Å². The maximum Gasteiger partial charge on any atom is 2.00 e. The van der Waals surface area contributed by atoms with Crippen LogP contribution >= 0.6 is 0 Å². The van der Waals surface area contributed by atoms with Crippen LogP contribution in [0.3, 0.4) is 0 Å². The molecular weight excluding hydrogens is 624 g/mol. The summed E-state index contributed by atoms with van der Waals surface area (Å²) in [5.74, 6) is 0. The van der Waals surface area contributed by atoms with Crippen molar-refractivity contribution in [1.29, 1.82) is 0 Å². The van der Waals surface area contributed by atoms with Crippen LogP contribution in [0.1, 0.15) is 5.56 Å². The van der Waals surface area contributed by atoms with E-state index in [4.69, 9.17) is 4.98 Å². The van der Waals surface area contributed by atoms with Gasteiger partial charge >= 0.3 is 21.1 Å². The van der Waals surface area contributed by atoms with E-state index in [1.807, 2.05) is 66.5 Å². The Hall–Kier alpha value is -1.66. The van der Waals surface area contributed by atoms with Gasteiger partial charge in [0, 0.05) is 46.8 Å². The zero-order valence-corrected chi connectivity index (χ0v) is 23.1. The van der Waals surface area contributed by atoms with Crippen LogP contribution in [0.2, 0.25) is 0 Å². The van der Waals surface area contributed by atoms with Gasteiger partial charge in [0.25, 0.3) is 6.33 Å². The topological polar surface area (TPSA) is 16.8 Å². The Kier molecular flexibility index (Phi) is 8.89. The van der Waals surface area contributed by atoms with Gasteiger partial charge in [0.15, 0.2) is 0 Å². The van der Waals surface area contributed by atoms with Gasteiger partial charge in [0.05, 0.1) is 7.05 Å². The van der Waals surface area contributed by atoms with Crippen molar-refractivity contribution in [2.24, 2.45) is 7.05 Å². The summed E-state index contributed by atoms with van der Waals surface area (Å²) in [6.45, 7) is 2.09. The number of fused-ring (bicyclic) bond motifs is 3. The van der Waals surface area contributed by atoms with Crippen LogP contribution in [-0.2, 0) is 60.8 Å². The first-order valence-electron chi connectivity index (χ1n) is 9.22. The number of nitrogens with zero attached hydrogens (tertiary/aromatic N) is 2. The minimum atomic E-state index is 0. The Labute approximate surface area is 224 Å². The molecule has 0 aliphatic rings. The SMILES string of the molecule is Cc1c[c-]c(-c2[c-]cccc2)[c-]c1-c1c2[c-]cc3ccccc3c2nc[n+]1C.[B].[W+2].[Y]. The molecule has 4 radical (unpaired) electrons. The van der Waals surface area contributed by atoms with E-state index in [1.165, 1.54) is 0 Å². The summed E-state index contributed by atoms with van der Waals surface area (Å²) >= 11 is 0. The Balaban J connectivity index is 0.00000114. The normalized spacial score (nSPS) is 10.1. The number of aromatic nitrogens is 2. The molecule has 0 atom stereocenters. The van der Waals surface area contributed by atoms with E-state index >= 15 is 0 Å². The molecule has 5 heteroatoms. The van der Waals surface area contributed by atoms with Gasteiger partial charge in [-0.15, -0.1) is 25.1 Å². The van der Waals surface area contributed by atoms with E-state index in [9.17, 15) is 0 Å². The second-order valence-corrected chi connectivity index (χ2v) is 6.93. The molecule has 31 heavy (non-hydrogen) atoms. The van der Waals surface area contributed by atoms with Gasteiger partial charge in [0.1, 0.15) is 5.52 Å². The number of aryl methyl sites for hydroxylation is 2. The maximum atomic E-state index is 4.71. The predicted molar refractivity (Wildman–Crippen MR) is 117 cm³/mol. The van der Waals surface area contributed by atoms with Crippen molar-refractivity contribution in [1.82, 2.24) is 4.98 Å². The second kappa shape index (κ2) is 10.8. The molecule has 144 valence electrons. The molecule has 5 rings (SSSR count). The smallest absolute Gasteiger partial charge is 0.370 e. The molecule has 0 fully saturated rings. The molecule has 0 amide bonds. The first kappa shape index (κ1) is 25.6. The van der Waals surface area contributed by atoms with E-state index in [0.717, 1.165) is 49.6 Å². The number of rotatable bonds is 2. The maximum absolute atomic E-state index is 4.71. The first-order valence-corrected chi connectivity index (χ1v) is 9.22. The van der Waals surface area contributed by atoms with Gasteiger partial charge in [-0.05, 0) is 0 Å². The number of hydrogen-bond donors (Lipinski definition) is 0. The largest absolute Gasteiger partial charge is 2.00 e. The molecule has 0 aliphatic carbocycles. The molecule has 0 aliphatic heterocycles. The molecule has 1 aromatic heterocycles. The fourth-order valence-corrected chi connectivity index (χ4v) is 3.64. The number of hydrogen-bond acceptors (Lipinski definition) is 1. The third kappa shape index (κ3) is 4.75. The van der Waals surface area contributed by atoms with Gasteiger partial charge in [-0.1, -0.05) is 45.4 Å². The van der Waals surface area contributed by atoms with E-state index < -0.39 is 0 Å². The molecule has 0 N–H and O–H groups in total. The quantitative estimate of drug-likeness (QED) is 0.119. The fraction of sp³-hybridized carbons (Fsp3) is 0.0769. The van der Waals surface area contributed by atoms with E-state index in [2.05, 4.69) is 43.3 Å². The van der Waals surface area contributed by atoms with E-state index in [-0.39, 0.29) is 62.2 Å². The fourth-order valence-electron chi connectivity index (χ4n) is 3.64. The van der Waals surface area contributed by atoms with E-state index in [1.54, 1.807) is 0 Å². The summed E-state index contributed by atoms with van der Waals surface area (Å²) < 4.78 is 2.05. The van der Waals surface area contributed by atoms with Gasteiger partial charge < -0.3 is 23.3 Å². The minimum absolute atomic E-state index is 0. The van der Waals surface area contributed by atoms with Crippen LogP contribution in [-0.4, -0.2) is 13.4 Å². The standard InChI is InChI=1S/C26H17N2.B.W.Y/c1-18-12-13-21(19-8-4-3-5-9-19)16-24(18)26-23-15-14-20-10-6-7-11-22(20)25(23)27-17-28(26)2;;;/h3-8,10-12,14,17H,1-2H3;;;/q-3;;+2;. The second-order valence-electron chi connectivity index (χ2n) is 6.93. The molecule has 4 aromatic carbocycles. The molecule has 0 saturated carbocycles. The summed E-state index contributed by atoms with van der Waals surface area (Å²) in [4.78, 5) is 4.71. The summed E-state index contributed by atoms with van der Waals surface area (Å²) in [5.41, 5.74) is 6.06. The summed E-state index contributed by atoms with van der Waals surface area (Å²) in [5, 5.41) is 3.27. The Morgan fingerprint density at radius 3 is 2.48 bits per heavy atom. The van der Waals surface area contributed by atoms with Crippen molar-refractivity contribution in [3.05, 3.63) is 96.8 Å². The van der Waals surface area contributed by atoms with Crippen LogP contribution in [0.25, 0.3) is 44.1 Å². The Morgan fingerprint density at radius 2 is 1.71 bits per heavy atom. The summed E-state index contributed by atoms with van der Waals surface area (Å²) in [6, 6.07) is 33.9. The van der Waals surface area contributed by atoms with Crippen molar-refractivity contribution in [3.8, 4) is 22.4 Å². The molecule has 2 nitrogen and oxygen atoms in total. The summed E-state index contributed by atoms with van der Waals surface area (Å²) in [6.07, 6.45) is 1.87. The molecule has 0 saturated heterocycles. The van der Waals surface area contributed by atoms with Gasteiger partial charge in [-0.3, -0.25) is 4.57 Å². The van der Waals surface area contributed by atoms with Crippen molar-refractivity contribution in [3.63, 3.8) is 0 Å². The average Bonchev–Trinajstić information content (AvgIpc) is 2.75. The molecule has 0 bridgehead atoms. The van der Waals surface area contributed by atoms with Crippen LogP contribution in [0.5, 0.6) is 0 Å². The zero-order valence-electron chi connectivity index (χ0n) is 17.3. The Bertz CT molecular complexity index is 1340. The zero-order chi connectivity index (χ0) is 19.1. The first-order chi connectivity index (χ1) is 13.7. The number of benzene rings is 4. The molecule has 1 heterocycles. The van der Waals surface area contributed by atoms with Crippen molar-refractivity contribution >= 4 is 30.1 Å². The average molecular weight is 641 g/mol. The third-order valence-electron chi connectivity index (χ3n) is 5.07. The van der Waals surface area contributed by atoms with Crippen molar-refractivity contribution < 1.29 is 58.3 Å². The summed E-state index contributed by atoms with van der Waals surface area (Å²) in [7, 11) is 2.02. The molecular formula is C26H17BN2WY-. The molecule has 0 spiro atoms. The third-order valence-corrected chi connectivity index (χ3v) is 5.07.